The van der Waals surface area contributed by atoms with Crippen LogP contribution in [0.25, 0.3) is 0 Å². The zero-order valence-electron chi connectivity index (χ0n) is 9.17. The van der Waals surface area contributed by atoms with Crippen LogP contribution in [0.2, 0.25) is 10.3 Å². The molecule has 1 rings (SSSR count). The number of nitrogens with one attached hydrogen (secondary N) is 1. The van der Waals surface area contributed by atoms with Gasteiger partial charge >= 0.3 is 0 Å². The largest absolute Gasteiger partial charge is 0.385 e. The van der Waals surface area contributed by atoms with Crippen LogP contribution in [-0.2, 0) is 4.74 Å². The van der Waals surface area contributed by atoms with E-state index in [0.29, 0.717) is 10.8 Å². The molecule has 0 spiro atoms. The minimum absolute atomic E-state index is 0.200. The van der Waals surface area contributed by atoms with Gasteiger partial charge < -0.3 is 10.1 Å². The Morgan fingerprint density at radius 2 is 2.12 bits per heavy atom. The van der Waals surface area contributed by atoms with Crippen molar-refractivity contribution in [2.45, 2.75) is 19.3 Å². The SMILES string of the molecule is COCCCCCNc1nc(Cl)ncc1Cl. The van der Waals surface area contributed by atoms with Crippen LogP contribution >= 0.6 is 23.2 Å². The van der Waals surface area contributed by atoms with Gasteiger partial charge in [-0.15, -0.1) is 0 Å². The topological polar surface area (TPSA) is 47.0 Å². The average Bonchev–Trinajstić information content (AvgIpc) is 2.28. The van der Waals surface area contributed by atoms with Crippen LogP contribution in [0.3, 0.4) is 0 Å². The third-order valence-electron chi connectivity index (χ3n) is 2.03. The molecule has 0 aliphatic carbocycles. The first-order valence-corrected chi connectivity index (χ1v) is 5.90. The first-order chi connectivity index (χ1) is 7.74. The molecule has 0 aromatic carbocycles. The third-order valence-corrected chi connectivity index (χ3v) is 2.49. The zero-order valence-corrected chi connectivity index (χ0v) is 10.7. The lowest BCUT2D eigenvalue weighted by molar-refractivity contribution is 0.192. The van der Waals surface area contributed by atoms with Gasteiger partial charge in [-0.3, -0.25) is 0 Å². The van der Waals surface area contributed by atoms with E-state index in [1.807, 2.05) is 0 Å². The van der Waals surface area contributed by atoms with Gasteiger partial charge in [0, 0.05) is 20.3 Å². The van der Waals surface area contributed by atoms with Gasteiger partial charge in [-0.2, -0.15) is 4.98 Å². The molecule has 1 aromatic heterocycles. The van der Waals surface area contributed by atoms with Crippen molar-refractivity contribution in [1.82, 2.24) is 9.97 Å². The van der Waals surface area contributed by atoms with Crippen molar-refractivity contribution >= 4 is 29.0 Å². The van der Waals surface area contributed by atoms with Gasteiger partial charge in [-0.05, 0) is 30.9 Å². The molecule has 4 nitrogen and oxygen atoms in total. The highest BCUT2D eigenvalue weighted by molar-refractivity contribution is 6.33. The van der Waals surface area contributed by atoms with Gasteiger partial charge in [0.1, 0.15) is 10.8 Å². The average molecular weight is 264 g/mol. The highest BCUT2D eigenvalue weighted by atomic mass is 35.5. The van der Waals surface area contributed by atoms with Gasteiger partial charge in [-0.1, -0.05) is 11.6 Å². The summed E-state index contributed by atoms with van der Waals surface area (Å²) in [6.45, 7) is 1.62. The standard InChI is InChI=1S/C10H15Cl2N3O/c1-16-6-4-2-3-5-13-9-8(11)7-14-10(12)15-9/h7H,2-6H2,1H3,(H,13,14,15). The predicted octanol–water partition coefficient (Wildman–Crippen LogP) is 3.01. The van der Waals surface area contributed by atoms with Crippen LogP contribution in [0.5, 0.6) is 0 Å². The van der Waals surface area contributed by atoms with E-state index in [9.17, 15) is 0 Å². The van der Waals surface area contributed by atoms with Crippen molar-refractivity contribution in [2.24, 2.45) is 0 Å². The molecule has 6 heteroatoms. The van der Waals surface area contributed by atoms with Gasteiger partial charge in [0.15, 0.2) is 0 Å². The molecule has 90 valence electrons. The summed E-state index contributed by atoms with van der Waals surface area (Å²) in [5.41, 5.74) is 0. The molecule has 0 atom stereocenters. The van der Waals surface area contributed by atoms with Crippen molar-refractivity contribution in [1.29, 1.82) is 0 Å². The van der Waals surface area contributed by atoms with E-state index in [0.717, 1.165) is 32.4 Å². The summed E-state index contributed by atoms with van der Waals surface area (Å²) >= 11 is 11.6. The van der Waals surface area contributed by atoms with Crippen LogP contribution in [0.1, 0.15) is 19.3 Å². The fourth-order valence-corrected chi connectivity index (χ4v) is 1.52. The number of anilines is 1. The Morgan fingerprint density at radius 1 is 1.31 bits per heavy atom. The molecule has 16 heavy (non-hydrogen) atoms. The van der Waals surface area contributed by atoms with Crippen molar-refractivity contribution in [3.63, 3.8) is 0 Å². The van der Waals surface area contributed by atoms with E-state index >= 15 is 0 Å². The fraction of sp³-hybridized carbons (Fsp3) is 0.600. The quantitative estimate of drug-likeness (QED) is 0.607. The van der Waals surface area contributed by atoms with E-state index in [-0.39, 0.29) is 5.28 Å². The van der Waals surface area contributed by atoms with Gasteiger partial charge in [0.05, 0.1) is 6.20 Å². The van der Waals surface area contributed by atoms with E-state index in [2.05, 4.69) is 15.3 Å². The molecule has 1 N–H and O–H groups in total. The maximum atomic E-state index is 5.89. The number of hydrogen-bond donors (Lipinski definition) is 1. The Balaban J connectivity index is 2.23. The Labute approximate surface area is 105 Å². The second-order valence-electron chi connectivity index (χ2n) is 3.32. The van der Waals surface area contributed by atoms with Crippen LogP contribution in [0, 0.1) is 0 Å². The number of unbranched alkanes of at least 4 members (excludes halogenated alkanes) is 2. The molecule has 0 saturated heterocycles. The first kappa shape index (κ1) is 13.5. The number of methoxy groups -OCH3 is 1. The molecular formula is C10H15Cl2N3O. The second kappa shape index (κ2) is 7.65. The van der Waals surface area contributed by atoms with Crippen LogP contribution in [-0.4, -0.2) is 30.2 Å². The summed E-state index contributed by atoms with van der Waals surface area (Å²) in [5, 5.41) is 3.81. The molecule has 0 unspecified atom stereocenters. The number of halogens is 2. The summed E-state index contributed by atoms with van der Waals surface area (Å²) in [6.07, 6.45) is 4.71. The molecule has 0 aliphatic heterocycles. The lowest BCUT2D eigenvalue weighted by atomic mass is 10.2. The fourth-order valence-electron chi connectivity index (χ4n) is 1.22. The first-order valence-electron chi connectivity index (χ1n) is 5.15. The summed E-state index contributed by atoms with van der Waals surface area (Å²) in [5.74, 6) is 0.591. The lowest BCUT2D eigenvalue weighted by Gasteiger charge is -2.06. The van der Waals surface area contributed by atoms with Crippen LogP contribution in [0.4, 0.5) is 5.82 Å². The molecule has 1 heterocycles. The molecular weight excluding hydrogens is 249 g/mol. The lowest BCUT2D eigenvalue weighted by Crippen LogP contribution is -2.05. The summed E-state index contributed by atoms with van der Waals surface area (Å²) in [4.78, 5) is 7.77. The molecule has 0 saturated carbocycles. The number of rotatable bonds is 7. The summed E-state index contributed by atoms with van der Waals surface area (Å²) in [6, 6.07) is 0. The molecule has 1 aromatic rings. The van der Waals surface area contributed by atoms with E-state index in [1.165, 1.54) is 6.20 Å². The number of hydrogen-bond acceptors (Lipinski definition) is 4. The summed E-state index contributed by atoms with van der Waals surface area (Å²) < 4.78 is 4.96. The van der Waals surface area contributed by atoms with Crippen LogP contribution in [0.15, 0.2) is 6.20 Å². The minimum atomic E-state index is 0.200. The van der Waals surface area contributed by atoms with Crippen LogP contribution < -0.4 is 5.32 Å². The Kier molecular flexibility index (Phi) is 6.45. The van der Waals surface area contributed by atoms with Gasteiger partial charge in [0.2, 0.25) is 5.28 Å². The molecule has 0 bridgehead atoms. The van der Waals surface area contributed by atoms with Crippen molar-refractivity contribution in [2.75, 3.05) is 25.6 Å². The summed E-state index contributed by atoms with van der Waals surface area (Å²) in [7, 11) is 1.71. The predicted molar refractivity (Wildman–Crippen MR) is 66.3 cm³/mol. The van der Waals surface area contributed by atoms with Crippen molar-refractivity contribution < 1.29 is 4.74 Å². The van der Waals surface area contributed by atoms with Gasteiger partial charge in [0.25, 0.3) is 0 Å². The molecule has 0 aliphatic rings. The second-order valence-corrected chi connectivity index (χ2v) is 4.06. The molecule has 0 amide bonds. The van der Waals surface area contributed by atoms with Gasteiger partial charge in [-0.25, -0.2) is 4.98 Å². The van der Waals surface area contributed by atoms with E-state index in [1.54, 1.807) is 7.11 Å². The highest BCUT2D eigenvalue weighted by Gasteiger charge is 2.02. The Morgan fingerprint density at radius 3 is 2.88 bits per heavy atom. The highest BCUT2D eigenvalue weighted by Crippen LogP contribution is 2.19. The molecule has 0 fully saturated rings. The van der Waals surface area contributed by atoms with E-state index in [4.69, 9.17) is 27.9 Å². The number of nitrogens with zero attached hydrogens (tertiary/aromatic N) is 2. The Hall–Kier alpha value is -0.580. The van der Waals surface area contributed by atoms with Crippen molar-refractivity contribution in [3.05, 3.63) is 16.5 Å². The Bertz CT molecular complexity index is 323. The number of aromatic nitrogens is 2. The monoisotopic (exact) mass is 263 g/mol. The molecule has 0 radical (unpaired) electrons. The maximum absolute atomic E-state index is 5.89. The minimum Gasteiger partial charge on any atom is -0.385 e. The van der Waals surface area contributed by atoms with Crippen molar-refractivity contribution in [3.8, 4) is 0 Å². The smallest absolute Gasteiger partial charge is 0.224 e. The normalized spacial score (nSPS) is 10.4. The zero-order chi connectivity index (χ0) is 11.8. The number of ether oxygens (including phenoxy) is 1. The maximum Gasteiger partial charge on any atom is 0.224 e. The third kappa shape index (κ3) is 4.96. The van der Waals surface area contributed by atoms with E-state index < -0.39 is 0 Å².